The van der Waals surface area contributed by atoms with E-state index in [4.69, 9.17) is 4.74 Å². The third kappa shape index (κ3) is 3.56. The molecule has 0 saturated carbocycles. The molecule has 1 aromatic heterocycles. The van der Waals surface area contributed by atoms with Crippen molar-refractivity contribution < 1.29 is 23.9 Å². The van der Waals surface area contributed by atoms with Crippen molar-refractivity contribution in [3.63, 3.8) is 0 Å². The van der Waals surface area contributed by atoms with E-state index in [1.165, 1.54) is 25.3 Å². The van der Waals surface area contributed by atoms with Crippen molar-refractivity contribution in [2.45, 2.75) is 19.4 Å². The van der Waals surface area contributed by atoms with Gasteiger partial charge in [0.1, 0.15) is 12.4 Å². The number of hydrogen-bond donors (Lipinski definition) is 1. The van der Waals surface area contributed by atoms with Crippen LogP contribution in [0, 0.1) is 0 Å². The average molecular weight is 359 g/mol. The second kappa shape index (κ2) is 7.34. The number of fused-ring (bicyclic) bond motifs is 2. The number of esters is 2. The smallest absolute Gasteiger partial charge is 0.338 e. The molecule has 0 fully saturated rings. The SMILES string of the molecule is COC(=O)CNC(=O)COC(=O)c1ccc2c(=O)n3c(nc2c1)CCC3. The van der Waals surface area contributed by atoms with Gasteiger partial charge in [-0.3, -0.25) is 19.0 Å². The van der Waals surface area contributed by atoms with Gasteiger partial charge in [-0.15, -0.1) is 0 Å². The average Bonchev–Trinajstić information content (AvgIpc) is 3.12. The summed E-state index contributed by atoms with van der Waals surface area (Å²) in [6.45, 7) is -0.183. The van der Waals surface area contributed by atoms with Crippen LogP contribution in [0.5, 0.6) is 0 Å². The van der Waals surface area contributed by atoms with Crippen molar-refractivity contribution in [1.29, 1.82) is 0 Å². The van der Waals surface area contributed by atoms with Gasteiger partial charge in [0, 0.05) is 13.0 Å². The van der Waals surface area contributed by atoms with E-state index in [-0.39, 0.29) is 17.7 Å². The van der Waals surface area contributed by atoms with Crippen LogP contribution in [-0.4, -0.2) is 47.7 Å². The quantitative estimate of drug-likeness (QED) is 0.734. The molecule has 0 spiro atoms. The molecule has 0 bridgehead atoms. The van der Waals surface area contributed by atoms with Crippen molar-refractivity contribution in [2.75, 3.05) is 20.3 Å². The van der Waals surface area contributed by atoms with Gasteiger partial charge in [-0.25, -0.2) is 9.78 Å². The minimum absolute atomic E-state index is 0.121. The van der Waals surface area contributed by atoms with Gasteiger partial charge >= 0.3 is 11.9 Å². The summed E-state index contributed by atoms with van der Waals surface area (Å²) in [5, 5.41) is 2.69. The van der Waals surface area contributed by atoms with Gasteiger partial charge in [-0.1, -0.05) is 0 Å². The zero-order chi connectivity index (χ0) is 18.7. The van der Waals surface area contributed by atoms with Crippen LogP contribution in [0.1, 0.15) is 22.6 Å². The molecule has 1 N–H and O–H groups in total. The maximum atomic E-state index is 12.4. The van der Waals surface area contributed by atoms with Crippen LogP contribution in [0.3, 0.4) is 0 Å². The Balaban J connectivity index is 1.69. The first-order valence-corrected chi connectivity index (χ1v) is 8.03. The molecule has 1 aliphatic rings. The zero-order valence-electron chi connectivity index (χ0n) is 14.1. The number of aryl methyl sites for hydroxylation is 1. The third-order valence-electron chi connectivity index (χ3n) is 4.04. The van der Waals surface area contributed by atoms with Crippen molar-refractivity contribution in [3.05, 3.63) is 39.9 Å². The fourth-order valence-corrected chi connectivity index (χ4v) is 2.72. The Hall–Kier alpha value is -3.23. The number of rotatable bonds is 5. The second-order valence-corrected chi connectivity index (χ2v) is 5.75. The summed E-state index contributed by atoms with van der Waals surface area (Å²) in [5.41, 5.74) is 0.491. The largest absolute Gasteiger partial charge is 0.468 e. The third-order valence-corrected chi connectivity index (χ3v) is 4.04. The number of methoxy groups -OCH3 is 1. The van der Waals surface area contributed by atoms with Crippen molar-refractivity contribution in [1.82, 2.24) is 14.9 Å². The number of benzene rings is 1. The molecule has 0 saturated heterocycles. The highest BCUT2D eigenvalue weighted by Gasteiger charge is 2.18. The summed E-state index contributed by atoms with van der Waals surface area (Å²) in [4.78, 5) is 51.4. The van der Waals surface area contributed by atoms with E-state index < -0.39 is 24.5 Å². The molecule has 2 heterocycles. The van der Waals surface area contributed by atoms with Gasteiger partial charge < -0.3 is 14.8 Å². The Kier molecular flexibility index (Phi) is 4.97. The number of nitrogens with zero attached hydrogens (tertiary/aromatic N) is 2. The fraction of sp³-hybridized carbons (Fsp3) is 0.353. The minimum atomic E-state index is -0.720. The number of nitrogens with one attached hydrogen (secondary N) is 1. The van der Waals surface area contributed by atoms with Gasteiger partial charge in [0.05, 0.1) is 23.6 Å². The lowest BCUT2D eigenvalue weighted by molar-refractivity contribution is -0.141. The summed E-state index contributed by atoms with van der Waals surface area (Å²) in [5.74, 6) is -1.25. The maximum absolute atomic E-state index is 12.4. The lowest BCUT2D eigenvalue weighted by atomic mass is 10.1. The monoisotopic (exact) mass is 359 g/mol. The molecule has 0 unspecified atom stereocenters. The molecule has 1 aliphatic heterocycles. The normalized spacial score (nSPS) is 12.5. The van der Waals surface area contributed by atoms with Gasteiger partial charge in [0.15, 0.2) is 6.61 Å². The molecule has 0 radical (unpaired) electrons. The van der Waals surface area contributed by atoms with Crippen molar-refractivity contribution >= 4 is 28.7 Å². The molecule has 1 aromatic carbocycles. The topological polar surface area (TPSA) is 117 Å². The van der Waals surface area contributed by atoms with Crippen LogP contribution in [0.25, 0.3) is 10.9 Å². The zero-order valence-corrected chi connectivity index (χ0v) is 14.1. The number of aromatic nitrogens is 2. The molecule has 0 aliphatic carbocycles. The van der Waals surface area contributed by atoms with Gasteiger partial charge in [-0.05, 0) is 24.6 Å². The molecule has 9 heteroatoms. The highest BCUT2D eigenvalue weighted by molar-refractivity contribution is 5.95. The molecule has 136 valence electrons. The van der Waals surface area contributed by atoms with Crippen LogP contribution in [0.4, 0.5) is 0 Å². The number of hydrogen-bond acceptors (Lipinski definition) is 7. The van der Waals surface area contributed by atoms with Crippen LogP contribution in [0.2, 0.25) is 0 Å². The standard InChI is InChI=1S/C17H17N3O6/c1-25-15(22)8-18-14(21)9-26-17(24)10-4-5-11-12(7-10)19-13-3-2-6-20(13)16(11)23/h4-5,7H,2-3,6,8-9H2,1H3,(H,18,21). The summed E-state index contributed by atoms with van der Waals surface area (Å²) in [6, 6.07) is 4.47. The van der Waals surface area contributed by atoms with Crippen LogP contribution in [0.15, 0.2) is 23.0 Å². The minimum Gasteiger partial charge on any atom is -0.468 e. The van der Waals surface area contributed by atoms with E-state index in [9.17, 15) is 19.2 Å². The molecular weight excluding hydrogens is 342 g/mol. The number of carbonyl (C=O) groups excluding carboxylic acids is 3. The Labute approximate surface area is 147 Å². The van der Waals surface area contributed by atoms with E-state index in [2.05, 4.69) is 15.0 Å². The first-order valence-electron chi connectivity index (χ1n) is 8.03. The molecular formula is C17H17N3O6. The summed E-state index contributed by atoms with van der Waals surface area (Å²) < 4.78 is 10.9. The summed E-state index contributed by atoms with van der Waals surface area (Å²) in [6.07, 6.45) is 1.59. The maximum Gasteiger partial charge on any atom is 0.338 e. The lowest BCUT2D eigenvalue weighted by Crippen LogP contribution is -2.33. The van der Waals surface area contributed by atoms with E-state index in [1.54, 1.807) is 4.57 Å². The summed E-state index contributed by atoms with van der Waals surface area (Å²) in [7, 11) is 1.20. The fourth-order valence-electron chi connectivity index (χ4n) is 2.72. The Bertz CT molecular complexity index is 949. The van der Waals surface area contributed by atoms with Crippen molar-refractivity contribution in [2.24, 2.45) is 0 Å². The number of ether oxygens (including phenoxy) is 2. The number of carbonyl (C=O) groups is 3. The highest BCUT2D eigenvalue weighted by Crippen LogP contribution is 2.16. The van der Waals surface area contributed by atoms with Crippen molar-refractivity contribution in [3.8, 4) is 0 Å². The van der Waals surface area contributed by atoms with Gasteiger partial charge in [0.25, 0.3) is 11.5 Å². The Morgan fingerprint density at radius 1 is 1.31 bits per heavy atom. The molecule has 1 amide bonds. The van der Waals surface area contributed by atoms with E-state index in [0.717, 1.165) is 12.8 Å². The highest BCUT2D eigenvalue weighted by atomic mass is 16.5. The molecule has 2 aromatic rings. The first kappa shape index (κ1) is 17.6. The molecule has 3 rings (SSSR count). The molecule has 26 heavy (non-hydrogen) atoms. The molecule has 9 nitrogen and oxygen atoms in total. The van der Waals surface area contributed by atoms with Crippen LogP contribution in [-0.2, 0) is 32.0 Å². The Morgan fingerprint density at radius 2 is 2.12 bits per heavy atom. The van der Waals surface area contributed by atoms with Gasteiger partial charge in [0.2, 0.25) is 0 Å². The van der Waals surface area contributed by atoms with E-state index in [1.807, 2.05) is 0 Å². The molecule has 0 atom stereocenters. The first-order chi connectivity index (χ1) is 12.5. The second-order valence-electron chi connectivity index (χ2n) is 5.75. The van der Waals surface area contributed by atoms with Gasteiger partial charge in [-0.2, -0.15) is 0 Å². The summed E-state index contributed by atoms with van der Waals surface area (Å²) >= 11 is 0. The predicted molar refractivity (Wildman–Crippen MR) is 89.6 cm³/mol. The van der Waals surface area contributed by atoms with Crippen LogP contribution >= 0.6 is 0 Å². The number of amides is 1. The van der Waals surface area contributed by atoms with E-state index in [0.29, 0.717) is 23.3 Å². The predicted octanol–water partition coefficient (Wildman–Crippen LogP) is -0.211. The van der Waals surface area contributed by atoms with Crippen LogP contribution < -0.4 is 10.9 Å². The van der Waals surface area contributed by atoms with E-state index >= 15 is 0 Å². The Morgan fingerprint density at radius 3 is 2.88 bits per heavy atom. The lowest BCUT2D eigenvalue weighted by Gasteiger charge is -2.08.